The monoisotopic (exact) mass is 327 g/mol. The van der Waals surface area contributed by atoms with Crippen LogP contribution in [0.1, 0.15) is 5.56 Å². The number of methoxy groups -OCH3 is 2. The third kappa shape index (κ3) is 4.07. The Hall–Kier alpha value is -2.41. The van der Waals surface area contributed by atoms with E-state index in [0.717, 1.165) is 0 Å². The second-order valence-electron chi connectivity index (χ2n) is 4.64. The van der Waals surface area contributed by atoms with E-state index in [-0.39, 0.29) is 17.9 Å². The van der Waals surface area contributed by atoms with Crippen LogP contribution < -0.4 is 19.9 Å². The van der Waals surface area contributed by atoms with Gasteiger partial charge in [-0.05, 0) is 35.9 Å². The van der Waals surface area contributed by atoms with E-state index in [1.807, 2.05) is 0 Å². The van der Waals surface area contributed by atoms with E-state index in [1.165, 1.54) is 26.4 Å². The predicted octanol–water partition coefficient (Wildman–Crippen LogP) is 3.73. The minimum Gasteiger partial charge on any atom is -0.497 e. The molecular weight excluding hydrogens is 311 g/mol. The van der Waals surface area contributed by atoms with E-state index < -0.39 is 6.36 Å². The van der Waals surface area contributed by atoms with E-state index in [0.29, 0.717) is 22.6 Å². The topological polar surface area (TPSA) is 53.7 Å². The van der Waals surface area contributed by atoms with Gasteiger partial charge in [-0.2, -0.15) is 0 Å². The molecule has 0 spiro atoms. The largest absolute Gasteiger partial charge is 0.573 e. The predicted molar refractivity (Wildman–Crippen MR) is 79.6 cm³/mol. The summed E-state index contributed by atoms with van der Waals surface area (Å²) in [6, 6.07) is 9.47. The maximum absolute atomic E-state index is 12.4. The molecule has 7 heteroatoms. The Balaban J connectivity index is 2.49. The minimum absolute atomic E-state index is 0.0917. The lowest BCUT2D eigenvalue weighted by atomic mass is 10.0. The first-order valence-electron chi connectivity index (χ1n) is 6.69. The summed E-state index contributed by atoms with van der Waals surface area (Å²) < 4.78 is 51.6. The van der Waals surface area contributed by atoms with Crippen LogP contribution in [-0.4, -0.2) is 20.6 Å². The Kier molecular flexibility index (Phi) is 5.00. The van der Waals surface area contributed by atoms with Gasteiger partial charge in [-0.1, -0.05) is 6.07 Å². The van der Waals surface area contributed by atoms with E-state index in [2.05, 4.69) is 4.74 Å². The zero-order valence-corrected chi connectivity index (χ0v) is 12.6. The molecule has 0 aliphatic carbocycles. The number of rotatable bonds is 5. The van der Waals surface area contributed by atoms with Crippen molar-refractivity contribution in [1.82, 2.24) is 0 Å². The van der Waals surface area contributed by atoms with Crippen LogP contribution in [0.4, 0.5) is 13.2 Å². The Morgan fingerprint density at radius 1 is 0.957 bits per heavy atom. The molecule has 0 atom stereocenters. The fourth-order valence-corrected chi connectivity index (χ4v) is 2.17. The number of hydrogen-bond acceptors (Lipinski definition) is 4. The molecule has 0 amide bonds. The lowest BCUT2D eigenvalue weighted by molar-refractivity contribution is -0.274. The van der Waals surface area contributed by atoms with Crippen molar-refractivity contribution < 1.29 is 27.4 Å². The molecule has 0 aromatic heterocycles. The molecule has 0 heterocycles. The second kappa shape index (κ2) is 6.78. The molecule has 2 N–H and O–H groups in total. The van der Waals surface area contributed by atoms with E-state index in [9.17, 15) is 13.2 Å². The average Bonchev–Trinajstić information content (AvgIpc) is 2.53. The standard InChI is InChI=1S/C16H16F3NO3/c1-21-12-4-6-15(22-2)13(8-12)10-3-5-14(11(7-10)9-20)23-16(17,18)19/h3-8H,9,20H2,1-2H3. The summed E-state index contributed by atoms with van der Waals surface area (Å²) in [4.78, 5) is 0. The van der Waals surface area contributed by atoms with Crippen molar-refractivity contribution in [3.63, 3.8) is 0 Å². The maximum atomic E-state index is 12.4. The van der Waals surface area contributed by atoms with Gasteiger partial charge >= 0.3 is 6.36 Å². The first-order valence-corrected chi connectivity index (χ1v) is 6.69. The minimum atomic E-state index is -4.76. The molecule has 0 saturated heterocycles. The van der Waals surface area contributed by atoms with Crippen LogP contribution in [0.2, 0.25) is 0 Å². The summed E-state index contributed by atoms with van der Waals surface area (Å²) in [6.07, 6.45) is -4.76. The molecule has 0 bridgehead atoms. The van der Waals surface area contributed by atoms with Gasteiger partial charge < -0.3 is 19.9 Å². The summed E-state index contributed by atoms with van der Waals surface area (Å²) in [5.74, 6) is 0.856. The third-order valence-electron chi connectivity index (χ3n) is 3.22. The summed E-state index contributed by atoms with van der Waals surface area (Å²) in [6.45, 7) is -0.0917. The summed E-state index contributed by atoms with van der Waals surface area (Å²) in [5.41, 5.74) is 7.11. The Morgan fingerprint density at radius 3 is 2.22 bits per heavy atom. The highest BCUT2D eigenvalue weighted by Crippen LogP contribution is 2.36. The van der Waals surface area contributed by atoms with Crippen LogP contribution in [0.5, 0.6) is 17.2 Å². The number of hydrogen-bond donors (Lipinski definition) is 1. The van der Waals surface area contributed by atoms with E-state index in [1.54, 1.807) is 24.3 Å². The molecule has 2 aromatic rings. The second-order valence-corrected chi connectivity index (χ2v) is 4.64. The lowest BCUT2D eigenvalue weighted by Crippen LogP contribution is -2.18. The van der Waals surface area contributed by atoms with Crippen LogP contribution in [0.3, 0.4) is 0 Å². The molecular formula is C16H16F3NO3. The summed E-state index contributed by atoms with van der Waals surface area (Å²) in [5, 5.41) is 0. The molecule has 2 rings (SSSR count). The third-order valence-corrected chi connectivity index (χ3v) is 3.22. The quantitative estimate of drug-likeness (QED) is 0.909. The van der Waals surface area contributed by atoms with Gasteiger partial charge in [0.25, 0.3) is 0 Å². The number of alkyl halides is 3. The van der Waals surface area contributed by atoms with Gasteiger partial charge in [0.15, 0.2) is 0 Å². The fourth-order valence-electron chi connectivity index (χ4n) is 2.17. The van der Waals surface area contributed by atoms with Gasteiger partial charge in [-0.3, -0.25) is 0 Å². The smallest absolute Gasteiger partial charge is 0.497 e. The highest BCUT2D eigenvalue weighted by molar-refractivity contribution is 5.73. The van der Waals surface area contributed by atoms with Crippen molar-refractivity contribution >= 4 is 0 Å². The van der Waals surface area contributed by atoms with Crippen LogP contribution in [-0.2, 0) is 6.54 Å². The summed E-state index contributed by atoms with van der Waals surface area (Å²) in [7, 11) is 3.04. The molecule has 4 nitrogen and oxygen atoms in total. The van der Waals surface area contributed by atoms with Gasteiger partial charge in [0.1, 0.15) is 17.2 Å². The highest BCUT2D eigenvalue weighted by atomic mass is 19.4. The first-order chi connectivity index (χ1) is 10.9. The number of nitrogens with two attached hydrogens (primary N) is 1. The van der Waals surface area contributed by atoms with Crippen LogP contribution in [0.15, 0.2) is 36.4 Å². The Bertz CT molecular complexity index is 687. The van der Waals surface area contributed by atoms with Gasteiger partial charge in [-0.25, -0.2) is 0 Å². The van der Waals surface area contributed by atoms with Gasteiger partial charge in [0.05, 0.1) is 14.2 Å². The maximum Gasteiger partial charge on any atom is 0.573 e. The Labute approximate surface area is 131 Å². The summed E-state index contributed by atoms with van der Waals surface area (Å²) >= 11 is 0. The highest BCUT2D eigenvalue weighted by Gasteiger charge is 2.32. The molecule has 0 aliphatic rings. The first kappa shape index (κ1) is 17.0. The molecule has 0 unspecified atom stereocenters. The average molecular weight is 327 g/mol. The molecule has 0 aliphatic heterocycles. The van der Waals surface area contributed by atoms with Gasteiger partial charge in [0.2, 0.25) is 0 Å². The van der Waals surface area contributed by atoms with Crippen molar-refractivity contribution in [2.75, 3.05) is 14.2 Å². The number of halogens is 3. The Morgan fingerprint density at radius 2 is 1.65 bits per heavy atom. The SMILES string of the molecule is COc1ccc(OC)c(-c2ccc(OC(F)(F)F)c(CN)c2)c1. The lowest BCUT2D eigenvalue weighted by Gasteiger charge is -2.15. The zero-order chi connectivity index (χ0) is 17.0. The van der Waals surface area contributed by atoms with Gasteiger partial charge in [-0.15, -0.1) is 13.2 Å². The molecule has 124 valence electrons. The van der Waals surface area contributed by atoms with E-state index >= 15 is 0 Å². The van der Waals surface area contributed by atoms with Crippen molar-refractivity contribution in [3.8, 4) is 28.4 Å². The normalized spacial score (nSPS) is 11.2. The molecule has 0 radical (unpaired) electrons. The fraction of sp³-hybridized carbons (Fsp3) is 0.250. The van der Waals surface area contributed by atoms with Crippen LogP contribution in [0.25, 0.3) is 11.1 Å². The molecule has 0 fully saturated rings. The zero-order valence-electron chi connectivity index (χ0n) is 12.6. The van der Waals surface area contributed by atoms with E-state index in [4.69, 9.17) is 15.2 Å². The number of ether oxygens (including phenoxy) is 3. The van der Waals surface area contributed by atoms with Crippen LogP contribution >= 0.6 is 0 Å². The van der Waals surface area contributed by atoms with Crippen molar-refractivity contribution in [2.24, 2.45) is 5.73 Å². The van der Waals surface area contributed by atoms with Gasteiger partial charge in [0, 0.05) is 17.7 Å². The molecule has 0 saturated carbocycles. The van der Waals surface area contributed by atoms with Crippen molar-refractivity contribution in [1.29, 1.82) is 0 Å². The van der Waals surface area contributed by atoms with Crippen molar-refractivity contribution in [3.05, 3.63) is 42.0 Å². The van der Waals surface area contributed by atoms with Crippen molar-refractivity contribution in [2.45, 2.75) is 12.9 Å². The number of benzene rings is 2. The van der Waals surface area contributed by atoms with Crippen LogP contribution in [0, 0.1) is 0 Å². The molecule has 23 heavy (non-hydrogen) atoms. The molecule has 2 aromatic carbocycles.